The van der Waals surface area contributed by atoms with Gasteiger partial charge in [0, 0.05) is 6.04 Å². The van der Waals surface area contributed by atoms with E-state index >= 15 is 0 Å². The van der Waals surface area contributed by atoms with Crippen LogP contribution in [0.25, 0.3) is 0 Å². The van der Waals surface area contributed by atoms with Gasteiger partial charge in [0.15, 0.2) is 0 Å². The summed E-state index contributed by atoms with van der Waals surface area (Å²) in [6.45, 7) is 12.1. The first-order valence-electron chi connectivity index (χ1n) is 7.84. The summed E-state index contributed by atoms with van der Waals surface area (Å²) in [5.74, 6) is 0.0402. The summed E-state index contributed by atoms with van der Waals surface area (Å²) < 4.78 is 12.0. The molecule has 0 unspecified atom stereocenters. The number of amides is 1. The maximum atomic E-state index is 11.8. The molecule has 120 valence electrons. The van der Waals surface area contributed by atoms with Crippen molar-refractivity contribution in [2.45, 2.75) is 65.2 Å². The van der Waals surface area contributed by atoms with Gasteiger partial charge in [-0.15, -0.1) is 0 Å². The van der Waals surface area contributed by atoms with E-state index in [2.05, 4.69) is 5.32 Å². The van der Waals surface area contributed by atoms with E-state index in [1.165, 1.54) is 0 Å². The Morgan fingerprint density at radius 3 is 2.05 bits per heavy atom. The zero-order valence-corrected chi connectivity index (χ0v) is 14.4. The molecule has 1 aromatic rings. The zero-order chi connectivity index (χ0) is 16.5. The van der Waals surface area contributed by atoms with Crippen LogP contribution >= 0.6 is 0 Å². The highest BCUT2D eigenvalue weighted by molar-refractivity contribution is 6.62. The lowest BCUT2D eigenvalue weighted by Crippen LogP contribution is -2.41. The molecular formula is C17H26BNO3. The Bertz CT molecular complexity index is 521. The van der Waals surface area contributed by atoms with E-state index in [4.69, 9.17) is 9.31 Å². The average molecular weight is 303 g/mol. The third-order valence-corrected chi connectivity index (χ3v) is 4.32. The molecule has 1 N–H and O–H groups in total. The maximum absolute atomic E-state index is 11.8. The van der Waals surface area contributed by atoms with Gasteiger partial charge in [-0.25, -0.2) is 0 Å². The molecule has 0 saturated carbocycles. The van der Waals surface area contributed by atoms with E-state index in [0.717, 1.165) is 11.0 Å². The van der Waals surface area contributed by atoms with Gasteiger partial charge >= 0.3 is 7.12 Å². The van der Waals surface area contributed by atoms with Crippen LogP contribution in [-0.2, 0) is 20.5 Å². The Balaban J connectivity index is 2.03. The second-order valence-electron chi connectivity index (χ2n) is 7.23. The molecule has 22 heavy (non-hydrogen) atoms. The largest absolute Gasteiger partial charge is 0.494 e. The van der Waals surface area contributed by atoms with E-state index in [-0.39, 0.29) is 30.3 Å². The monoisotopic (exact) mass is 303 g/mol. The molecule has 0 radical (unpaired) electrons. The lowest BCUT2D eigenvalue weighted by Gasteiger charge is -2.32. The fourth-order valence-electron chi connectivity index (χ4n) is 2.33. The Kier molecular flexibility index (Phi) is 4.69. The van der Waals surface area contributed by atoms with Gasteiger partial charge in [0.05, 0.1) is 17.6 Å². The van der Waals surface area contributed by atoms with Crippen LogP contribution in [0, 0.1) is 0 Å². The minimum Gasteiger partial charge on any atom is -0.399 e. The van der Waals surface area contributed by atoms with Crippen molar-refractivity contribution in [3.8, 4) is 0 Å². The summed E-state index contributed by atoms with van der Waals surface area (Å²) in [5, 5.41) is 2.89. The van der Waals surface area contributed by atoms with Crippen molar-refractivity contribution in [3.63, 3.8) is 0 Å². The van der Waals surface area contributed by atoms with Crippen molar-refractivity contribution in [2.75, 3.05) is 0 Å². The molecule has 1 heterocycles. The minimum atomic E-state index is -0.358. The number of benzene rings is 1. The van der Waals surface area contributed by atoms with Crippen molar-refractivity contribution in [1.29, 1.82) is 0 Å². The number of rotatable bonds is 4. The molecule has 4 nitrogen and oxygen atoms in total. The first-order valence-corrected chi connectivity index (χ1v) is 7.84. The summed E-state index contributed by atoms with van der Waals surface area (Å²) in [5.41, 5.74) is 1.28. The van der Waals surface area contributed by atoms with Gasteiger partial charge in [-0.2, -0.15) is 0 Å². The maximum Gasteiger partial charge on any atom is 0.494 e. The lowest BCUT2D eigenvalue weighted by atomic mass is 9.79. The highest BCUT2D eigenvalue weighted by Crippen LogP contribution is 2.36. The normalized spacial score (nSPS) is 19.5. The third-order valence-electron chi connectivity index (χ3n) is 4.32. The second-order valence-corrected chi connectivity index (χ2v) is 7.23. The predicted octanol–water partition coefficient (Wildman–Crippen LogP) is 2.05. The molecule has 0 bridgehead atoms. The van der Waals surface area contributed by atoms with Gasteiger partial charge in [0.25, 0.3) is 0 Å². The summed E-state index contributed by atoms with van der Waals surface area (Å²) in [6.07, 6.45) is 0.391. The van der Waals surface area contributed by atoms with Crippen LogP contribution in [0.2, 0.25) is 0 Å². The van der Waals surface area contributed by atoms with E-state index in [1.807, 2.05) is 65.8 Å². The van der Waals surface area contributed by atoms with Crippen molar-refractivity contribution in [3.05, 3.63) is 29.8 Å². The SMILES string of the molecule is CC(C)NC(=O)Cc1ccc(B2OC(C)(C)C(C)(C)O2)cc1. The first-order chi connectivity index (χ1) is 10.1. The van der Waals surface area contributed by atoms with Crippen LogP contribution in [0.15, 0.2) is 24.3 Å². The zero-order valence-electron chi connectivity index (χ0n) is 14.4. The summed E-state index contributed by atoms with van der Waals surface area (Å²) >= 11 is 0. The van der Waals surface area contributed by atoms with E-state index in [0.29, 0.717) is 6.42 Å². The van der Waals surface area contributed by atoms with Crippen molar-refractivity contribution < 1.29 is 14.1 Å². The molecule has 0 aromatic heterocycles. The summed E-state index contributed by atoms with van der Waals surface area (Å²) in [6, 6.07) is 8.03. The fraction of sp³-hybridized carbons (Fsp3) is 0.588. The molecule has 1 amide bonds. The average Bonchev–Trinajstić information content (AvgIpc) is 2.58. The van der Waals surface area contributed by atoms with Gasteiger partial charge < -0.3 is 14.6 Å². The predicted molar refractivity (Wildman–Crippen MR) is 89.1 cm³/mol. The third kappa shape index (κ3) is 3.71. The number of hydrogen-bond donors (Lipinski definition) is 1. The quantitative estimate of drug-likeness (QED) is 0.866. The topological polar surface area (TPSA) is 47.6 Å². The lowest BCUT2D eigenvalue weighted by molar-refractivity contribution is -0.120. The minimum absolute atomic E-state index is 0.0402. The molecule has 1 saturated heterocycles. The van der Waals surface area contributed by atoms with E-state index in [9.17, 15) is 4.79 Å². The smallest absolute Gasteiger partial charge is 0.399 e. The number of hydrogen-bond acceptors (Lipinski definition) is 3. The van der Waals surface area contributed by atoms with Crippen LogP contribution in [0.3, 0.4) is 0 Å². The molecule has 1 fully saturated rings. The number of nitrogens with one attached hydrogen (secondary N) is 1. The fourth-order valence-corrected chi connectivity index (χ4v) is 2.33. The molecule has 0 aliphatic carbocycles. The van der Waals surface area contributed by atoms with Gasteiger partial charge in [0.1, 0.15) is 0 Å². The summed E-state index contributed by atoms with van der Waals surface area (Å²) in [4.78, 5) is 11.8. The molecular weight excluding hydrogens is 277 g/mol. The first kappa shape index (κ1) is 17.0. The van der Waals surface area contributed by atoms with Crippen molar-refractivity contribution >= 4 is 18.5 Å². The molecule has 1 aliphatic rings. The van der Waals surface area contributed by atoms with Gasteiger partial charge in [0.2, 0.25) is 5.91 Å². The highest BCUT2D eigenvalue weighted by atomic mass is 16.7. The summed E-state index contributed by atoms with van der Waals surface area (Å²) in [7, 11) is -0.358. The molecule has 2 rings (SSSR count). The van der Waals surface area contributed by atoms with Crippen molar-refractivity contribution in [1.82, 2.24) is 5.32 Å². The molecule has 0 spiro atoms. The van der Waals surface area contributed by atoms with Crippen LogP contribution in [0.4, 0.5) is 0 Å². The Morgan fingerprint density at radius 2 is 1.59 bits per heavy atom. The second kappa shape index (κ2) is 6.05. The van der Waals surface area contributed by atoms with E-state index in [1.54, 1.807) is 0 Å². The molecule has 0 atom stereocenters. The standard InChI is InChI=1S/C17H26BNO3/c1-12(2)19-15(20)11-13-7-9-14(10-8-13)18-21-16(3,4)17(5,6)22-18/h7-10,12H,11H2,1-6H3,(H,19,20). The Hall–Kier alpha value is -1.33. The molecule has 1 aromatic carbocycles. The number of carbonyl (C=O) groups excluding carboxylic acids is 1. The van der Waals surface area contributed by atoms with Gasteiger partial charge in [-0.3, -0.25) is 4.79 Å². The van der Waals surface area contributed by atoms with Gasteiger partial charge in [-0.1, -0.05) is 24.3 Å². The molecule has 5 heteroatoms. The van der Waals surface area contributed by atoms with Crippen LogP contribution in [-0.4, -0.2) is 30.3 Å². The Morgan fingerprint density at radius 1 is 1.09 bits per heavy atom. The highest BCUT2D eigenvalue weighted by Gasteiger charge is 2.51. The van der Waals surface area contributed by atoms with E-state index < -0.39 is 0 Å². The molecule has 1 aliphatic heterocycles. The Labute approximate surface area is 133 Å². The number of carbonyl (C=O) groups is 1. The van der Waals surface area contributed by atoms with Crippen molar-refractivity contribution in [2.24, 2.45) is 0 Å². The van der Waals surface area contributed by atoms with Crippen LogP contribution < -0.4 is 10.8 Å². The van der Waals surface area contributed by atoms with Gasteiger partial charge in [-0.05, 0) is 52.6 Å². The van der Waals surface area contributed by atoms with Crippen LogP contribution in [0.1, 0.15) is 47.1 Å². The van der Waals surface area contributed by atoms with Crippen LogP contribution in [0.5, 0.6) is 0 Å².